The number of hydrogen-bond donors (Lipinski definition) is 2. The molecule has 0 aliphatic heterocycles. The molecule has 0 bridgehead atoms. The van der Waals surface area contributed by atoms with E-state index in [9.17, 15) is 5.11 Å². The highest BCUT2D eigenvalue weighted by molar-refractivity contribution is 5.48. The zero-order valence-corrected chi connectivity index (χ0v) is 7.46. The number of nitrogens with one attached hydrogen (secondary N) is 1. The Labute approximate surface area is 77.9 Å². The molecule has 0 spiro atoms. The monoisotopic (exact) mass is 175 g/mol. The van der Waals surface area contributed by atoms with E-state index < -0.39 is 0 Å². The maximum atomic E-state index is 9.19. The quantitative estimate of drug-likeness (QED) is 0.692. The summed E-state index contributed by atoms with van der Waals surface area (Å²) in [4.78, 5) is 0. The van der Waals surface area contributed by atoms with E-state index in [1.54, 1.807) is 12.1 Å². The van der Waals surface area contributed by atoms with Crippen molar-refractivity contribution < 1.29 is 5.11 Å². The summed E-state index contributed by atoms with van der Waals surface area (Å²) in [5, 5.41) is 12.5. The Balaban J connectivity index is 1.93. The summed E-state index contributed by atoms with van der Waals surface area (Å²) >= 11 is 0. The predicted octanol–water partition coefficient (Wildman–Crippen LogP) is 2.52. The van der Waals surface area contributed by atoms with Crippen LogP contribution in [0.4, 0.5) is 5.69 Å². The van der Waals surface area contributed by atoms with Gasteiger partial charge in [-0.05, 0) is 25.0 Å². The van der Waals surface area contributed by atoms with E-state index in [0.29, 0.717) is 5.75 Å². The lowest BCUT2D eigenvalue weighted by molar-refractivity contribution is 0.475. The standard InChI is InChI=1S/C11H13NO/c13-11-6-2-5-10(7-11)12-8-9-3-1-4-9/h2-3,5-7,12-13H,1,4,8H2. The van der Waals surface area contributed by atoms with E-state index >= 15 is 0 Å². The Morgan fingerprint density at radius 3 is 2.85 bits per heavy atom. The molecular formula is C11H13NO. The van der Waals surface area contributed by atoms with Crippen molar-refractivity contribution in [2.75, 3.05) is 11.9 Å². The second-order valence-electron chi connectivity index (χ2n) is 3.30. The third-order valence-electron chi connectivity index (χ3n) is 2.26. The van der Waals surface area contributed by atoms with E-state index in [1.807, 2.05) is 12.1 Å². The third kappa shape index (κ3) is 2.02. The number of allylic oxidation sites excluding steroid dienone is 1. The van der Waals surface area contributed by atoms with Crippen molar-refractivity contribution in [1.29, 1.82) is 0 Å². The number of benzene rings is 1. The largest absolute Gasteiger partial charge is 0.508 e. The molecule has 0 amide bonds. The van der Waals surface area contributed by atoms with Gasteiger partial charge in [-0.1, -0.05) is 17.7 Å². The molecule has 0 fully saturated rings. The van der Waals surface area contributed by atoms with Gasteiger partial charge in [0.2, 0.25) is 0 Å². The number of anilines is 1. The number of phenols is 1. The Hall–Kier alpha value is -1.44. The summed E-state index contributed by atoms with van der Waals surface area (Å²) in [6.45, 7) is 0.906. The Morgan fingerprint density at radius 2 is 2.23 bits per heavy atom. The van der Waals surface area contributed by atoms with Gasteiger partial charge in [0, 0.05) is 18.3 Å². The van der Waals surface area contributed by atoms with E-state index in [-0.39, 0.29) is 0 Å². The van der Waals surface area contributed by atoms with Gasteiger partial charge >= 0.3 is 0 Å². The molecule has 0 atom stereocenters. The topological polar surface area (TPSA) is 32.3 Å². The SMILES string of the molecule is Oc1cccc(NCC2=CCC2)c1. The van der Waals surface area contributed by atoms with Crippen LogP contribution in [-0.2, 0) is 0 Å². The average molecular weight is 175 g/mol. The van der Waals surface area contributed by atoms with Crippen LogP contribution >= 0.6 is 0 Å². The Bertz CT molecular complexity index is 331. The van der Waals surface area contributed by atoms with Gasteiger partial charge in [0.25, 0.3) is 0 Å². The van der Waals surface area contributed by atoms with Crippen LogP contribution in [0.5, 0.6) is 5.75 Å². The minimum absolute atomic E-state index is 0.313. The molecule has 0 heterocycles. The number of hydrogen-bond acceptors (Lipinski definition) is 2. The maximum absolute atomic E-state index is 9.19. The number of aromatic hydroxyl groups is 1. The second kappa shape index (κ2) is 3.52. The summed E-state index contributed by atoms with van der Waals surface area (Å²) in [7, 11) is 0. The van der Waals surface area contributed by atoms with Crippen LogP contribution in [-0.4, -0.2) is 11.7 Å². The van der Waals surface area contributed by atoms with Crippen LogP contribution < -0.4 is 5.32 Å². The van der Waals surface area contributed by atoms with Gasteiger partial charge in [0.15, 0.2) is 0 Å². The fourth-order valence-corrected chi connectivity index (χ4v) is 1.34. The van der Waals surface area contributed by atoms with Gasteiger partial charge in [-0.15, -0.1) is 0 Å². The molecule has 2 rings (SSSR count). The molecule has 1 aliphatic rings. The molecule has 13 heavy (non-hydrogen) atoms. The summed E-state index contributed by atoms with van der Waals surface area (Å²) in [6.07, 6.45) is 4.68. The first-order chi connectivity index (χ1) is 6.34. The first-order valence-electron chi connectivity index (χ1n) is 4.55. The van der Waals surface area contributed by atoms with Crippen molar-refractivity contribution in [2.45, 2.75) is 12.8 Å². The van der Waals surface area contributed by atoms with Crippen molar-refractivity contribution in [3.8, 4) is 5.75 Å². The molecule has 0 radical (unpaired) electrons. The molecule has 1 aliphatic carbocycles. The fraction of sp³-hybridized carbons (Fsp3) is 0.273. The zero-order chi connectivity index (χ0) is 9.10. The van der Waals surface area contributed by atoms with Crippen LogP contribution in [0.2, 0.25) is 0 Å². The van der Waals surface area contributed by atoms with Crippen LogP contribution in [0, 0.1) is 0 Å². The maximum Gasteiger partial charge on any atom is 0.117 e. The predicted molar refractivity (Wildman–Crippen MR) is 53.9 cm³/mol. The Morgan fingerprint density at radius 1 is 1.38 bits per heavy atom. The minimum Gasteiger partial charge on any atom is -0.508 e. The zero-order valence-electron chi connectivity index (χ0n) is 7.46. The van der Waals surface area contributed by atoms with E-state index in [1.165, 1.54) is 18.4 Å². The lowest BCUT2D eigenvalue weighted by atomic mass is 9.99. The molecule has 1 aromatic carbocycles. The molecule has 0 unspecified atom stereocenters. The van der Waals surface area contributed by atoms with Gasteiger partial charge in [-0.2, -0.15) is 0 Å². The number of rotatable bonds is 3. The van der Waals surface area contributed by atoms with Crippen molar-refractivity contribution in [3.63, 3.8) is 0 Å². The molecular weight excluding hydrogens is 162 g/mol. The van der Waals surface area contributed by atoms with Crippen LogP contribution in [0.1, 0.15) is 12.8 Å². The van der Waals surface area contributed by atoms with Gasteiger partial charge in [-0.3, -0.25) is 0 Å². The molecule has 0 saturated carbocycles. The third-order valence-corrected chi connectivity index (χ3v) is 2.26. The van der Waals surface area contributed by atoms with Crippen LogP contribution in [0.25, 0.3) is 0 Å². The van der Waals surface area contributed by atoms with Gasteiger partial charge in [0.05, 0.1) is 0 Å². The first-order valence-corrected chi connectivity index (χ1v) is 4.55. The van der Waals surface area contributed by atoms with Crippen LogP contribution in [0.15, 0.2) is 35.9 Å². The summed E-state index contributed by atoms with van der Waals surface area (Å²) in [5.74, 6) is 0.313. The second-order valence-corrected chi connectivity index (χ2v) is 3.30. The van der Waals surface area contributed by atoms with Gasteiger partial charge < -0.3 is 10.4 Å². The van der Waals surface area contributed by atoms with Crippen molar-refractivity contribution in [2.24, 2.45) is 0 Å². The fourth-order valence-electron chi connectivity index (χ4n) is 1.34. The molecule has 0 aromatic heterocycles. The lowest BCUT2D eigenvalue weighted by Gasteiger charge is -2.15. The van der Waals surface area contributed by atoms with Crippen molar-refractivity contribution >= 4 is 5.69 Å². The highest BCUT2D eigenvalue weighted by atomic mass is 16.3. The normalized spacial score (nSPS) is 14.6. The molecule has 1 aromatic rings. The first kappa shape index (κ1) is 8.17. The molecule has 2 nitrogen and oxygen atoms in total. The van der Waals surface area contributed by atoms with E-state index in [4.69, 9.17) is 0 Å². The van der Waals surface area contributed by atoms with Crippen molar-refractivity contribution in [1.82, 2.24) is 0 Å². The van der Waals surface area contributed by atoms with Crippen molar-refractivity contribution in [3.05, 3.63) is 35.9 Å². The molecule has 2 heteroatoms. The van der Waals surface area contributed by atoms with Gasteiger partial charge in [-0.25, -0.2) is 0 Å². The summed E-state index contributed by atoms with van der Waals surface area (Å²) in [5.41, 5.74) is 2.44. The molecule has 0 saturated heterocycles. The smallest absolute Gasteiger partial charge is 0.117 e. The molecule has 68 valence electrons. The van der Waals surface area contributed by atoms with Crippen LogP contribution in [0.3, 0.4) is 0 Å². The van der Waals surface area contributed by atoms with E-state index in [0.717, 1.165) is 12.2 Å². The Kier molecular flexibility index (Phi) is 2.21. The number of phenolic OH excluding ortho intramolecular Hbond substituents is 1. The summed E-state index contributed by atoms with van der Waals surface area (Å²) in [6, 6.07) is 7.21. The average Bonchev–Trinajstić information content (AvgIpc) is 2.01. The van der Waals surface area contributed by atoms with Gasteiger partial charge in [0.1, 0.15) is 5.75 Å². The summed E-state index contributed by atoms with van der Waals surface area (Å²) < 4.78 is 0. The highest BCUT2D eigenvalue weighted by Gasteiger charge is 2.04. The van der Waals surface area contributed by atoms with E-state index in [2.05, 4.69) is 11.4 Å². The minimum atomic E-state index is 0.313. The highest BCUT2D eigenvalue weighted by Crippen LogP contribution is 2.20. The molecule has 2 N–H and O–H groups in total. The lowest BCUT2D eigenvalue weighted by Crippen LogP contribution is -2.08.